The van der Waals surface area contributed by atoms with Gasteiger partial charge in [-0.05, 0) is 66.1 Å². The van der Waals surface area contributed by atoms with Gasteiger partial charge in [-0.2, -0.15) is 10.5 Å². The Kier molecular flexibility index (Phi) is 12.4. The number of aryl methyl sites for hydroxylation is 2. The summed E-state index contributed by atoms with van der Waals surface area (Å²) < 4.78 is 20.5. The molecule has 3 rings (SSSR count). The first kappa shape index (κ1) is 30.6. The highest BCUT2D eigenvalue weighted by atomic mass is 19.1. The van der Waals surface area contributed by atoms with Gasteiger partial charge in [0.05, 0.1) is 11.1 Å². The predicted octanol–water partition coefficient (Wildman–Crippen LogP) is 9.48. The molecule has 4 nitrogen and oxygen atoms in total. The van der Waals surface area contributed by atoms with Gasteiger partial charge in [-0.15, -0.1) is 0 Å². The van der Waals surface area contributed by atoms with Gasteiger partial charge in [0.25, 0.3) is 0 Å². The number of unbranched alkanes of at least 4 members (excludes halogenated alkanes) is 8. The van der Waals surface area contributed by atoms with Crippen LogP contribution in [-0.4, -0.2) is 5.97 Å². The number of carbonyl (C=O) groups is 1. The van der Waals surface area contributed by atoms with Gasteiger partial charge in [0.1, 0.15) is 29.3 Å². The molecule has 0 aliphatic heterocycles. The van der Waals surface area contributed by atoms with E-state index in [2.05, 4.69) is 32.0 Å². The van der Waals surface area contributed by atoms with Crippen molar-refractivity contribution in [2.24, 2.45) is 0 Å². The molecule has 40 heavy (non-hydrogen) atoms. The molecule has 0 aromatic heterocycles. The Morgan fingerprint density at radius 3 is 1.93 bits per heavy atom. The van der Waals surface area contributed by atoms with Gasteiger partial charge in [-0.1, -0.05) is 102 Å². The predicted molar refractivity (Wildman–Crippen MR) is 158 cm³/mol. The molecule has 0 saturated carbocycles. The van der Waals surface area contributed by atoms with E-state index < -0.39 is 11.8 Å². The van der Waals surface area contributed by atoms with Crippen molar-refractivity contribution in [3.8, 4) is 29.0 Å². The largest absolute Gasteiger partial charge is 0.421 e. The van der Waals surface area contributed by atoms with Crippen LogP contribution >= 0.6 is 0 Å². The highest BCUT2D eigenvalue weighted by Crippen LogP contribution is 2.28. The molecule has 0 heterocycles. The Bertz CT molecular complexity index is 1350. The van der Waals surface area contributed by atoms with E-state index in [0.717, 1.165) is 49.7 Å². The Morgan fingerprint density at radius 1 is 0.725 bits per heavy atom. The van der Waals surface area contributed by atoms with Gasteiger partial charge < -0.3 is 4.74 Å². The van der Waals surface area contributed by atoms with Crippen LogP contribution < -0.4 is 4.74 Å². The van der Waals surface area contributed by atoms with Crippen molar-refractivity contribution in [1.29, 1.82) is 10.5 Å². The fourth-order valence-electron chi connectivity index (χ4n) is 4.89. The van der Waals surface area contributed by atoms with Gasteiger partial charge >= 0.3 is 5.97 Å². The lowest BCUT2D eigenvalue weighted by atomic mass is 9.97. The fourth-order valence-corrected chi connectivity index (χ4v) is 4.89. The first-order valence-electron chi connectivity index (χ1n) is 14.6. The zero-order valence-corrected chi connectivity index (χ0v) is 23.8. The Balaban J connectivity index is 1.68. The van der Waals surface area contributed by atoms with Gasteiger partial charge in [0.2, 0.25) is 0 Å². The molecular formula is C35H39FN2O2. The summed E-state index contributed by atoms with van der Waals surface area (Å²) in [5.41, 5.74) is 3.53. The molecule has 0 N–H and O–H groups in total. The standard InChI is InChI=1S/C35H39FN2O2/c1-3-5-7-9-11-13-26-15-17-27(18-16-26)29-19-21-30(33(36)23-29)35(39)40-34-22-20-28(14-12-10-8-6-4-2)31(24-37)32(34)25-38/h15-23H,3-14H2,1-2H3. The summed E-state index contributed by atoms with van der Waals surface area (Å²) >= 11 is 0. The molecule has 0 spiro atoms. The maximum atomic E-state index is 15.0. The van der Waals surface area contributed by atoms with Gasteiger partial charge in [-0.3, -0.25) is 0 Å². The zero-order chi connectivity index (χ0) is 28.7. The van der Waals surface area contributed by atoms with Crippen molar-refractivity contribution in [2.75, 3.05) is 0 Å². The first-order valence-corrected chi connectivity index (χ1v) is 14.6. The van der Waals surface area contributed by atoms with Crippen molar-refractivity contribution in [3.63, 3.8) is 0 Å². The third-order valence-electron chi connectivity index (χ3n) is 7.27. The molecule has 3 aromatic rings. The first-order chi connectivity index (χ1) is 19.5. The Morgan fingerprint density at radius 2 is 1.32 bits per heavy atom. The van der Waals surface area contributed by atoms with Crippen LogP contribution in [0.1, 0.15) is 111 Å². The van der Waals surface area contributed by atoms with Crippen LogP contribution in [0.2, 0.25) is 0 Å². The number of ether oxygens (including phenoxy) is 1. The quantitative estimate of drug-likeness (QED) is 0.110. The molecule has 3 aromatic carbocycles. The number of halogens is 1. The molecule has 0 bridgehead atoms. The lowest BCUT2D eigenvalue weighted by molar-refractivity contribution is 0.0729. The maximum absolute atomic E-state index is 15.0. The van der Waals surface area contributed by atoms with Crippen LogP contribution in [0.25, 0.3) is 11.1 Å². The van der Waals surface area contributed by atoms with E-state index in [4.69, 9.17) is 4.74 Å². The van der Waals surface area contributed by atoms with Gasteiger partial charge in [-0.25, -0.2) is 9.18 Å². The molecule has 208 valence electrons. The van der Waals surface area contributed by atoms with Crippen molar-refractivity contribution >= 4 is 5.97 Å². The van der Waals surface area contributed by atoms with Crippen molar-refractivity contribution in [1.82, 2.24) is 0 Å². The minimum Gasteiger partial charge on any atom is -0.421 e. The van der Waals surface area contributed by atoms with Crippen molar-refractivity contribution in [3.05, 3.63) is 88.2 Å². The fraction of sp³-hybridized carbons (Fsp3) is 0.400. The summed E-state index contributed by atoms with van der Waals surface area (Å²) in [6, 6.07) is 19.8. The second kappa shape index (κ2) is 16.2. The number of hydrogen-bond acceptors (Lipinski definition) is 4. The second-order valence-electron chi connectivity index (χ2n) is 10.3. The summed E-state index contributed by atoms with van der Waals surface area (Å²) in [5, 5.41) is 19.5. The van der Waals surface area contributed by atoms with E-state index in [-0.39, 0.29) is 22.4 Å². The monoisotopic (exact) mass is 538 g/mol. The minimum absolute atomic E-state index is 0.00406. The van der Waals surface area contributed by atoms with E-state index in [0.29, 0.717) is 12.0 Å². The SMILES string of the molecule is CCCCCCCc1ccc(-c2ccc(C(=O)Oc3ccc(CCCCCCC)c(C#N)c3C#N)c(F)c2)cc1. The van der Waals surface area contributed by atoms with Crippen LogP contribution in [0, 0.1) is 28.5 Å². The molecule has 0 fully saturated rings. The number of nitrogens with zero attached hydrogens (tertiary/aromatic N) is 2. The lowest BCUT2D eigenvalue weighted by Gasteiger charge is -2.12. The van der Waals surface area contributed by atoms with Crippen molar-refractivity contribution < 1.29 is 13.9 Å². The lowest BCUT2D eigenvalue weighted by Crippen LogP contribution is -2.12. The summed E-state index contributed by atoms with van der Waals surface area (Å²) in [4.78, 5) is 12.9. The highest BCUT2D eigenvalue weighted by molar-refractivity contribution is 5.92. The van der Waals surface area contributed by atoms with Crippen LogP contribution in [0.4, 0.5) is 4.39 Å². The van der Waals surface area contributed by atoms with E-state index >= 15 is 4.39 Å². The number of benzene rings is 3. The molecule has 5 heteroatoms. The summed E-state index contributed by atoms with van der Waals surface area (Å²) in [6.07, 6.45) is 13.3. The van der Waals surface area contributed by atoms with Crippen molar-refractivity contribution in [2.45, 2.75) is 90.9 Å². The number of hydrogen-bond donors (Lipinski definition) is 0. The molecule has 0 radical (unpaired) electrons. The molecular weight excluding hydrogens is 499 g/mol. The smallest absolute Gasteiger partial charge is 0.346 e. The van der Waals surface area contributed by atoms with E-state index in [1.54, 1.807) is 12.1 Å². The molecule has 0 aliphatic carbocycles. The Hall–Kier alpha value is -3.96. The normalized spacial score (nSPS) is 10.6. The zero-order valence-electron chi connectivity index (χ0n) is 23.8. The van der Waals surface area contributed by atoms with E-state index in [1.165, 1.54) is 55.9 Å². The van der Waals surface area contributed by atoms with Gasteiger partial charge in [0, 0.05) is 0 Å². The topological polar surface area (TPSA) is 73.9 Å². The molecule has 0 atom stereocenters. The number of carbonyl (C=O) groups excluding carboxylic acids is 1. The highest BCUT2D eigenvalue weighted by Gasteiger charge is 2.20. The molecule has 0 unspecified atom stereocenters. The minimum atomic E-state index is -0.907. The van der Waals surface area contributed by atoms with Gasteiger partial charge in [0.15, 0.2) is 0 Å². The number of esters is 1. The Labute approximate surface area is 238 Å². The molecule has 0 aliphatic rings. The number of nitriles is 2. The molecule has 0 amide bonds. The van der Waals surface area contributed by atoms with Crippen LogP contribution in [0.5, 0.6) is 5.75 Å². The second-order valence-corrected chi connectivity index (χ2v) is 10.3. The average molecular weight is 539 g/mol. The molecule has 0 saturated heterocycles. The van der Waals surface area contributed by atoms with E-state index in [1.807, 2.05) is 18.2 Å². The van der Waals surface area contributed by atoms with E-state index in [9.17, 15) is 15.3 Å². The summed E-state index contributed by atoms with van der Waals surface area (Å²) in [6.45, 7) is 4.37. The number of rotatable bonds is 15. The average Bonchev–Trinajstić information content (AvgIpc) is 2.97. The summed E-state index contributed by atoms with van der Waals surface area (Å²) in [7, 11) is 0. The van der Waals surface area contributed by atoms with Crippen LogP contribution in [-0.2, 0) is 12.8 Å². The van der Waals surface area contributed by atoms with Crippen LogP contribution in [0.3, 0.4) is 0 Å². The summed E-state index contributed by atoms with van der Waals surface area (Å²) in [5.74, 6) is -1.65. The third-order valence-corrected chi connectivity index (χ3v) is 7.27. The maximum Gasteiger partial charge on any atom is 0.346 e. The van der Waals surface area contributed by atoms with Crippen LogP contribution in [0.15, 0.2) is 54.6 Å². The third kappa shape index (κ3) is 8.52.